The number of aliphatic hydroxyl groups excluding tert-OH is 2. The van der Waals surface area contributed by atoms with Crippen molar-refractivity contribution in [3.63, 3.8) is 0 Å². The van der Waals surface area contributed by atoms with Gasteiger partial charge >= 0.3 is 11.9 Å². The standard InChI is InChI=1S/C32H36N4O7/c1-7-42-31(40)24(20(3)36-30-16-12-11-15-29(30)34-18-25(21(4)37)22(5)38)17-33-27-13-9-10-14-28(27)35-19-26(23(6)39)32(41)43-8-2/h9-19,36-37,39H,7-8H2,1-6H3/b24-20+,25-21-,26-23+,33-17?,34-18?,35-19?. The predicted molar refractivity (Wildman–Crippen MR) is 168 cm³/mol. The molecule has 0 bridgehead atoms. The van der Waals surface area contributed by atoms with Gasteiger partial charge in [0.2, 0.25) is 0 Å². The molecule has 226 valence electrons. The van der Waals surface area contributed by atoms with E-state index >= 15 is 0 Å². The van der Waals surface area contributed by atoms with Crippen LogP contribution in [-0.4, -0.2) is 59.8 Å². The first kappa shape index (κ1) is 33.9. The Balaban J connectivity index is 2.50. The second-order valence-electron chi connectivity index (χ2n) is 8.94. The lowest BCUT2D eigenvalue weighted by atomic mass is 10.1. The summed E-state index contributed by atoms with van der Waals surface area (Å²) in [4.78, 5) is 50.0. The van der Waals surface area contributed by atoms with Gasteiger partial charge in [-0.3, -0.25) is 19.8 Å². The lowest BCUT2D eigenvalue weighted by molar-refractivity contribution is -0.138. The highest BCUT2D eigenvalue weighted by molar-refractivity contribution is 6.13. The smallest absolute Gasteiger partial charge is 0.343 e. The Morgan fingerprint density at radius 3 is 1.58 bits per heavy atom. The number of esters is 2. The lowest BCUT2D eigenvalue weighted by Crippen LogP contribution is -2.14. The number of carbonyl (C=O) groups is 3. The Morgan fingerprint density at radius 1 is 0.674 bits per heavy atom. The van der Waals surface area contributed by atoms with Gasteiger partial charge in [-0.2, -0.15) is 0 Å². The number of benzene rings is 2. The highest BCUT2D eigenvalue weighted by Crippen LogP contribution is 2.29. The second-order valence-corrected chi connectivity index (χ2v) is 8.94. The van der Waals surface area contributed by atoms with Gasteiger partial charge in [-0.15, -0.1) is 0 Å². The van der Waals surface area contributed by atoms with Crippen molar-refractivity contribution in [1.82, 2.24) is 0 Å². The molecule has 2 aromatic carbocycles. The molecule has 0 unspecified atom stereocenters. The molecule has 0 amide bonds. The highest BCUT2D eigenvalue weighted by atomic mass is 16.5. The molecular formula is C32H36N4O7. The van der Waals surface area contributed by atoms with E-state index in [4.69, 9.17) is 9.47 Å². The van der Waals surface area contributed by atoms with Crippen molar-refractivity contribution < 1.29 is 34.1 Å². The number of hydrogen-bond donors (Lipinski definition) is 3. The quantitative estimate of drug-likeness (QED) is 0.103. The minimum Gasteiger partial charge on any atom is -0.512 e. The van der Waals surface area contributed by atoms with E-state index < -0.39 is 11.9 Å². The number of aliphatic hydroxyl groups is 2. The van der Waals surface area contributed by atoms with Crippen LogP contribution in [0.3, 0.4) is 0 Å². The van der Waals surface area contributed by atoms with E-state index in [0.29, 0.717) is 28.4 Å². The topological polar surface area (TPSA) is 159 Å². The number of ketones is 1. The van der Waals surface area contributed by atoms with E-state index in [1.807, 2.05) is 0 Å². The maximum atomic E-state index is 12.9. The van der Waals surface area contributed by atoms with Crippen molar-refractivity contribution in [2.75, 3.05) is 18.5 Å². The van der Waals surface area contributed by atoms with Crippen LogP contribution in [0.5, 0.6) is 0 Å². The molecule has 0 atom stereocenters. The van der Waals surface area contributed by atoms with E-state index in [2.05, 4.69) is 20.3 Å². The van der Waals surface area contributed by atoms with Crippen LogP contribution in [0.15, 0.2) is 97.4 Å². The Hall–Kier alpha value is -5.32. The summed E-state index contributed by atoms with van der Waals surface area (Å²) in [5.74, 6) is -2.08. The molecule has 0 aliphatic rings. The number of carbonyl (C=O) groups excluding carboxylic acids is 3. The number of para-hydroxylation sites is 4. The predicted octanol–water partition coefficient (Wildman–Crippen LogP) is 6.56. The third kappa shape index (κ3) is 10.2. The van der Waals surface area contributed by atoms with Gasteiger partial charge in [-0.25, -0.2) is 9.59 Å². The van der Waals surface area contributed by atoms with Crippen molar-refractivity contribution in [3.8, 4) is 0 Å². The van der Waals surface area contributed by atoms with Crippen LogP contribution in [0.25, 0.3) is 0 Å². The second kappa shape index (κ2) is 16.8. The Kier molecular flexibility index (Phi) is 13.3. The molecule has 0 radical (unpaired) electrons. The monoisotopic (exact) mass is 588 g/mol. The minimum atomic E-state index is -0.717. The summed E-state index contributed by atoms with van der Waals surface area (Å²) < 4.78 is 10.2. The Morgan fingerprint density at radius 2 is 1.09 bits per heavy atom. The number of hydrogen-bond acceptors (Lipinski definition) is 11. The molecule has 2 aromatic rings. The molecule has 43 heavy (non-hydrogen) atoms. The number of allylic oxidation sites excluding steroid dienone is 4. The third-order valence-corrected chi connectivity index (χ3v) is 5.66. The minimum absolute atomic E-state index is 0.0711. The normalized spacial score (nSPS) is 13.4. The summed E-state index contributed by atoms with van der Waals surface area (Å²) in [7, 11) is 0. The first-order chi connectivity index (χ1) is 20.5. The van der Waals surface area contributed by atoms with Gasteiger partial charge in [-0.1, -0.05) is 24.3 Å². The van der Waals surface area contributed by atoms with E-state index in [-0.39, 0.29) is 47.2 Å². The molecular weight excluding hydrogens is 552 g/mol. The molecule has 3 N–H and O–H groups in total. The zero-order chi connectivity index (χ0) is 31.9. The highest BCUT2D eigenvalue weighted by Gasteiger charge is 2.15. The largest absolute Gasteiger partial charge is 0.512 e. The number of nitrogens with zero attached hydrogens (tertiary/aromatic N) is 3. The third-order valence-electron chi connectivity index (χ3n) is 5.66. The number of nitrogens with one attached hydrogen (secondary N) is 1. The van der Waals surface area contributed by atoms with Crippen LogP contribution in [0.1, 0.15) is 41.5 Å². The van der Waals surface area contributed by atoms with Crippen LogP contribution in [0, 0.1) is 0 Å². The van der Waals surface area contributed by atoms with Crippen molar-refractivity contribution in [2.45, 2.75) is 41.5 Å². The molecule has 2 rings (SSSR count). The molecule has 0 fully saturated rings. The molecule has 11 heteroatoms. The molecule has 0 aliphatic heterocycles. The molecule has 0 saturated carbocycles. The van der Waals surface area contributed by atoms with Crippen molar-refractivity contribution in [2.24, 2.45) is 15.0 Å². The van der Waals surface area contributed by atoms with E-state index in [9.17, 15) is 24.6 Å². The van der Waals surface area contributed by atoms with Gasteiger partial charge in [0.1, 0.15) is 17.1 Å². The van der Waals surface area contributed by atoms with Gasteiger partial charge in [0.05, 0.1) is 47.1 Å². The van der Waals surface area contributed by atoms with Gasteiger partial charge in [0.25, 0.3) is 0 Å². The van der Waals surface area contributed by atoms with Crippen LogP contribution in [-0.2, 0) is 23.9 Å². The van der Waals surface area contributed by atoms with Crippen molar-refractivity contribution in [1.29, 1.82) is 0 Å². The molecule has 11 nitrogen and oxygen atoms in total. The number of anilines is 1. The van der Waals surface area contributed by atoms with E-state index in [0.717, 1.165) is 0 Å². The lowest BCUT2D eigenvalue weighted by Gasteiger charge is -2.13. The first-order valence-electron chi connectivity index (χ1n) is 13.4. The van der Waals surface area contributed by atoms with Gasteiger partial charge in [0, 0.05) is 24.3 Å². The van der Waals surface area contributed by atoms with Crippen molar-refractivity contribution in [3.05, 3.63) is 82.5 Å². The fraction of sp³-hybridized carbons (Fsp3) is 0.250. The van der Waals surface area contributed by atoms with Gasteiger partial charge < -0.3 is 25.0 Å². The fourth-order valence-corrected chi connectivity index (χ4v) is 3.50. The average molecular weight is 589 g/mol. The van der Waals surface area contributed by atoms with Crippen LogP contribution < -0.4 is 5.32 Å². The summed E-state index contributed by atoms with van der Waals surface area (Å²) in [6, 6.07) is 13.7. The molecule has 0 aromatic heterocycles. The Bertz CT molecular complexity index is 1520. The van der Waals surface area contributed by atoms with Gasteiger partial charge in [-0.05, 0) is 65.8 Å². The summed E-state index contributed by atoms with van der Waals surface area (Å²) in [6.07, 6.45) is 3.81. The Labute approximate surface area is 250 Å². The summed E-state index contributed by atoms with van der Waals surface area (Å²) in [5, 5.41) is 22.9. The van der Waals surface area contributed by atoms with E-state index in [1.165, 1.54) is 39.4 Å². The van der Waals surface area contributed by atoms with Crippen LogP contribution >= 0.6 is 0 Å². The SMILES string of the molecule is CCOC(=O)/C(C=Nc1ccccc1N=C/C(C(=O)OCC)=C(/C)Nc1ccccc1N=C/C(C(C)=O)=C(\C)O)=C(\C)O. The van der Waals surface area contributed by atoms with E-state index in [1.54, 1.807) is 69.3 Å². The molecule has 0 aliphatic carbocycles. The number of Topliss-reactive ketones (excluding diaryl/α,β-unsaturated/α-hetero) is 1. The molecule has 0 heterocycles. The van der Waals surface area contributed by atoms with Gasteiger partial charge in [0.15, 0.2) is 5.78 Å². The number of rotatable bonds is 13. The zero-order valence-electron chi connectivity index (χ0n) is 25.0. The summed E-state index contributed by atoms with van der Waals surface area (Å²) in [5.41, 5.74) is 2.20. The number of aliphatic imine (C=N–C) groups is 3. The van der Waals surface area contributed by atoms with Crippen molar-refractivity contribution >= 4 is 59.1 Å². The summed E-state index contributed by atoms with van der Waals surface area (Å²) in [6.45, 7) is 9.36. The van der Waals surface area contributed by atoms with Crippen LogP contribution in [0.4, 0.5) is 22.7 Å². The summed E-state index contributed by atoms with van der Waals surface area (Å²) >= 11 is 0. The average Bonchev–Trinajstić information content (AvgIpc) is 2.94. The number of ether oxygens (including phenoxy) is 2. The van der Waals surface area contributed by atoms with Crippen LogP contribution in [0.2, 0.25) is 0 Å². The fourth-order valence-electron chi connectivity index (χ4n) is 3.50. The first-order valence-corrected chi connectivity index (χ1v) is 13.4. The molecule has 0 spiro atoms. The maximum absolute atomic E-state index is 12.9. The maximum Gasteiger partial charge on any atom is 0.343 e. The molecule has 0 saturated heterocycles. The zero-order valence-corrected chi connectivity index (χ0v) is 25.0.